The van der Waals surface area contributed by atoms with Gasteiger partial charge in [0.15, 0.2) is 0 Å². The number of nitrogens with zero attached hydrogens (tertiary/aromatic N) is 2. The van der Waals surface area contributed by atoms with E-state index in [1.54, 1.807) is 6.07 Å². The molecule has 0 saturated carbocycles. The summed E-state index contributed by atoms with van der Waals surface area (Å²) in [7, 11) is -3.44. The summed E-state index contributed by atoms with van der Waals surface area (Å²) in [5, 5.41) is 8.75. The Morgan fingerprint density at radius 2 is 2.11 bits per heavy atom. The fourth-order valence-electron chi connectivity index (χ4n) is 1.52. The van der Waals surface area contributed by atoms with Gasteiger partial charge in [0.1, 0.15) is 15.2 Å². The van der Waals surface area contributed by atoms with Gasteiger partial charge in [-0.2, -0.15) is 9.57 Å². The van der Waals surface area contributed by atoms with Crippen LogP contribution >= 0.6 is 11.3 Å². The van der Waals surface area contributed by atoms with E-state index in [1.807, 2.05) is 26.8 Å². The van der Waals surface area contributed by atoms with E-state index in [-0.39, 0.29) is 4.21 Å². The second-order valence-electron chi connectivity index (χ2n) is 4.20. The van der Waals surface area contributed by atoms with Crippen molar-refractivity contribution >= 4 is 21.4 Å². The first-order valence-electron chi connectivity index (χ1n) is 5.95. The topological polar surface area (TPSA) is 61.2 Å². The molecule has 100 valence electrons. The smallest absolute Gasteiger partial charge is 0.206 e. The maximum absolute atomic E-state index is 12.4. The van der Waals surface area contributed by atoms with Crippen molar-refractivity contribution in [3.05, 3.63) is 17.0 Å². The Morgan fingerprint density at radius 3 is 2.56 bits per heavy atom. The number of hydrogen-bond acceptors (Lipinski definition) is 4. The zero-order chi connectivity index (χ0) is 13.8. The molecule has 1 rings (SSSR count). The summed E-state index contributed by atoms with van der Waals surface area (Å²) in [6.07, 6.45) is 0.944. The lowest BCUT2D eigenvalue weighted by molar-refractivity contribution is 0.362. The van der Waals surface area contributed by atoms with Crippen LogP contribution in [0, 0.1) is 17.2 Å². The zero-order valence-corrected chi connectivity index (χ0v) is 12.5. The average Bonchev–Trinajstić information content (AvgIpc) is 2.84. The maximum atomic E-state index is 12.4. The third-order valence-electron chi connectivity index (χ3n) is 2.85. The van der Waals surface area contributed by atoms with Crippen LogP contribution in [-0.2, 0) is 10.0 Å². The van der Waals surface area contributed by atoms with Gasteiger partial charge in [-0.3, -0.25) is 0 Å². The van der Waals surface area contributed by atoms with Crippen molar-refractivity contribution < 1.29 is 8.42 Å². The van der Waals surface area contributed by atoms with E-state index in [2.05, 4.69) is 0 Å². The maximum Gasteiger partial charge on any atom is 0.252 e. The number of hydrogen-bond donors (Lipinski definition) is 0. The summed E-state index contributed by atoms with van der Waals surface area (Å²) in [6.45, 7) is 6.89. The van der Waals surface area contributed by atoms with E-state index >= 15 is 0 Å². The van der Waals surface area contributed by atoms with Gasteiger partial charge in [-0.1, -0.05) is 27.2 Å². The van der Waals surface area contributed by atoms with Crippen molar-refractivity contribution in [3.8, 4) is 6.07 Å². The molecule has 0 saturated heterocycles. The van der Waals surface area contributed by atoms with Crippen LogP contribution in [0.3, 0.4) is 0 Å². The summed E-state index contributed by atoms with van der Waals surface area (Å²) >= 11 is 1.03. The molecule has 0 aliphatic rings. The van der Waals surface area contributed by atoms with Gasteiger partial charge in [-0.25, -0.2) is 8.42 Å². The first kappa shape index (κ1) is 15.2. The van der Waals surface area contributed by atoms with E-state index in [9.17, 15) is 8.42 Å². The third-order valence-corrected chi connectivity index (χ3v) is 6.25. The molecule has 1 unspecified atom stereocenters. The molecule has 1 atom stereocenters. The zero-order valence-electron chi connectivity index (χ0n) is 10.9. The molecule has 0 bridgehead atoms. The summed E-state index contributed by atoms with van der Waals surface area (Å²) in [5.74, 6) is 0.329. The molecule has 0 aliphatic carbocycles. The molecule has 0 aromatic carbocycles. The highest BCUT2D eigenvalue weighted by Crippen LogP contribution is 2.25. The average molecular weight is 286 g/mol. The minimum Gasteiger partial charge on any atom is -0.206 e. The summed E-state index contributed by atoms with van der Waals surface area (Å²) in [4.78, 5) is 0.424. The summed E-state index contributed by atoms with van der Waals surface area (Å²) < 4.78 is 26.5. The van der Waals surface area contributed by atoms with E-state index in [4.69, 9.17) is 5.26 Å². The Morgan fingerprint density at radius 1 is 1.44 bits per heavy atom. The fraction of sp³-hybridized carbons (Fsp3) is 0.583. The SMILES string of the molecule is CCC(C)CN(CC)S(=O)(=O)c1ccc(C#N)s1. The van der Waals surface area contributed by atoms with Crippen molar-refractivity contribution in [3.63, 3.8) is 0 Å². The van der Waals surface area contributed by atoms with Crippen LogP contribution in [0.4, 0.5) is 0 Å². The molecule has 18 heavy (non-hydrogen) atoms. The van der Waals surface area contributed by atoms with E-state index in [1.165, 1.54) is 10.4 Å². The first-order valence-corrected chi connectivity index (χ1v) is 8.21. The van der Waals surface area contributed by atoms with Crippen LogP contribution in [0.25, 0.3) is 0 Å². The summed E-state index contributed by atoms with van der Waals surface area (Å²) in [5.41, 5.74) is 0. The predicted molar refractivity (Wildman–Crippen MR) is 72.9 cm³/mol. The number of nitriles is 1. The van der Waals surface area contributed by atoms with Crippen molar-refractivity contribution in [2.75, 3.05) is 13.1 Å². The normalized spacial score (nSPS) is 13.5. The van der Waals surface area contributed by atoms with Crippen molar-refractivity contribution in [2.45, 2.75) is 31.4 Å². The molecular formula is C12H18N2O2S2. The molecule has 6 heteroatoms. The van der Waals surface area contributed by atoms with E-state index in [0.717, 1.165) is 17.8 Å². The van der Waals surface area contributed by atoms with Gasteiger partial charge in [0.05, 0.1) is 0 Å². The highest BCUT2D eigenvalue weighted by atomic mass is 32.2. The molecule has 4 nitrogen and oxygen atoms in total. The molecule has 0 aliphatic heterocycles. The molecule has 0 amide bonds. The second kappa shape index (κ2) is 6.32. The summed E-state index contributed by atoms with van der Waals surface area (Å²) in [6, 6.07) is 5.03. The Bertz CT molecular complexity index is 529. The molecule has 1 heterocycles. The fourth-order valence-corrected chi connectivity index (χ4v) is 4.35. The molecule has 1 aromatic heterocycles. The number of sulfonamides is 1. The molecule has 0 N–H and O–H groups in total. The van der Waals surface area contributed by atoms with Gasteiger partial charge < -0.3 is 0 Å². The highest BCUT2D eigenvalue weighted by Gasteiger charge is 2.25. The Labute approximate surface area is 113 Å². The van der Waals surface area contributed by atoms with Gasteiger partial charge in [0.2, 0.25) is 0 Å². The van der Waals surface area contributed by atoms with Crippen molar-refractivity contribution in [1.82, 2.24) is 4.31 Å². The molecule has 1 aromatic rings. The van der Waals surface area contributed by atoms with Gasteiger partial charge in [0, 0.05) is 13.1 Å². The van der Waals surface area contributed by atoms with Crippen LogP contribution in [0.5, 0.6) is 0 Å². The van der Waals surface area contributed by atoms with Crippen molar-refractivity contribution in [1.29, 1.82) is 5.26 Å². The Kier molecular flexibility index (Phi) is 5.32. The minimum absolute atomic E-state index is 0.254. The number of thiophene rings is 1. The molecule has 0 spiro atoms. The monoisotopic (exact) mass is 286 g/mol. The minimum atomic E-state index is -3.44. The lowest BCUT2D eigenvalue weighted by Crippen LogP contribution is -2.34. The van der Waals surface area contributed by atoms with Crippen LogP contribution in [0.2, 0.25) is 0 Å². The second-order valence-corrected chi connectivity index (χ2v) is 7.45. The third kappa shape index (κ3) is 3.31. The number of rotatable bonds is 6. The van der Waals surface area contributed by atoms with Crippen molar-refractivity contribution in [2.24, 2.45) is 5.92 Å². The highest BCUT2D eigenvalue weighted by molar-refractivity contribution is 7.91. The Hall–Kier alpha value is -0.900. The van der Waals surface area contributed by atoms with Gasteiger partial charge in [0.25, 0.3) is 10.0 Å². The van der Waals surface area contributed by atoms with Gasteiger partial charge >= 0.3 is 0 Å². The van der Waals surface area contributed by atoms with Gasteiger partial charge in [-0.05, 0) is 18.1 Å². The first-order chi connectivity index (χ1) is 8.45. The van der Waals surface area contributed by atoms with E-state index in [0.29, 0.717) is 23.9 Å². The molecule has 0 radical (unpaired) electrons. The standard InChI is InChI=1S/C12H18N2O2S2/c1-4-10(3)9-14(5-2)18(15,16)12-7-6-11(8-13)17-12/h6-7,10H,4-5,9H2,1-3H3. The van der Waals surface area contributed by atoms with Crippen LogP contribution in [-0.4, -0.2) is 25.8 Å². The molecule has 0 fully saturated rings. The molecular weight excluding hydrogens is 268 g/mol. The quantitative estimate of drug-likeness (QED) is 0.807. The Balaban J connectivity index is 3.00. The lowest BCUT2D eigenvalue weighted by atomic mass is 10.1. The van der Waals surface area contributed by atoms with Crippen LogP contribution in [0.1, 0.15) is 32.1 Å². The largest absolute Gasteiger partial charge is 0.252 e. The van der Waals surface area contributed by atoms with Crippen LogP contribution in [0.15, 0.2) is 16.3 Å². The lowest BCUT2D eigenvalue weighted by Gasteiger charge is -2.22. The van der Waals surface area contributed by atoms with E-state index < -0.39 is 10.0 Å². The van der Waals surface area contributed by atoms with Gasteiger partial charge in [-0.15, -0.1) is 11.3 Å². The predicted octanol–water partition coefficient (Wildman–Crippen LogP) is 2.68. The van der Waals surface area contributed by atoms with Crippen LogP contribution < -0.4 is 0 Å².